The van der Waals surface area contributed by atoms with E-state index in [-0.39, 0.29) is 16.1 Å². The molecule has 1 aromatic heterocycles. The van der Waals surface area contributed by atoms with Crippen molar-refractivity contribution in [3.8, 4) is 0 Å². The minimum atomic E-state index is -4.59. The molecule has 1 unspecified atom stereocenters. The Morgan fingerprint density at radius 3 is 2.37 bits per heavy atom. The summed E-state index contributed by atoms with van der Waals surface area (Å²) in [4.78, 5) is 16.7. The lowest BCUT2D eigenvalue weighted by Crippen LogP contribution is -2.50. The summed E-state index contributed by atoms with van der Waals surface area (Å²) < 4.78 is 40.3. The maximum Gasteiger partial charge on any atom is 0.436 e. The van der Waals surface area contributed by atoms with Gasteiger partial charge in [-0.15, -0.1) is 0 Å². The number of carbonyl (C=O) groups is 1. The Hall–Kier alpha value is -1.29. The van der Waals surface area contributed by atoms with Crippen LogP contribution in [-0.2, 0) is 17.5 Å². The maximum absolute atomic E-state index is 13.1. The zero-order valence-electron chi connectivity index (χ0n) is 16.3. The molecule has 30 heavy (non-hydrogen) atoms. The molecule has 3 rings (SSSR count). The topological polar surface area (TPSA) is 41.4 Å². The van der Waals surface area contributed by atoms with Crippen LogP contribution in [-0.4, -0.2) is 51.7 Å². The first-order valence-corrected chi connectivity index (χ1v) is 10.8. The normalized spacial score (nSPS) is 16.7. The summed E-state index contributed by atoms with van der Waals surface area (Å²) in [5.41, 5.74) is 0.266. The molecular formula is C19H20BrCl2F3N4O. The van der Waals surface area contributed by atoms with E-state index in [9.17, 15) is 18.0 Å². The minimum Gasteiger partial charge on any atom is -0.338 e. The first kappa shape index (κ1) is 23.4. The van der Waals surface area contributed by atoms with Crippen LogP contribution in [0, 0.1) is 6.92 Å². The Kier molecular flexibility index (Phi) is 7.06. The number of halogens is 6. The zero-order valence-corrected chi connectivity index (χ0v) is 19.4. The lowest BCUT2D eigenvalue weighted by Gasteiger charge is -2.36. The van der Waals surface area contributed by atoms with Crippen molar-refractivity contribution in [1.29, 1.82) is 0 Å². The largest absolute Gasteiger partial charge is 0.436 e. The fraction of sp³-hybridized carbons (Fsp3) is 0.474. The summed E-state index contributed by atoms with van der Waals surface area (Å²) >= 11 is 14.9. The molecule has 2 heterocycles. The molecular weight excluding hydrogens is 508 g/mol. The van der Waals surface area contributed by atoms with E-state index in [2.05, 4.69) is 25.9 Å². The van der Waals surface area contributed by atoms with Crippen LogP contribution in [0.25, 0.3) is 0 Å². The lowest BCUT2D eigenvalue weighted by molar-refractivity contribution is -0.143. The molecule has 1 aliphatic rings. The Balaban J connectivity index is 1.63. The first-order chi connectivity index (χ1) is 14.0. The summed E-state index contributed by atoms with van der Waals surface area (Å²) in [6.07, 6.45) is -4.59. The number of hydrogen-bond donors (Lipinski definition) is 0. The second kappa shape index (κ2) is 9.06. The molecule has 1 saturated heterocycles. The van der Waals surface area contributed by atoms with Gasteiger partial charge in [0.25, 0.3) is 0 Å². The van der Waals surface area contributed by atoms with Crippen LogP contribution >= 0.6 is 39.1 Å². The summed E-state index contributed by atoms with van der Waals surface area (Å²) in [6, 6.07) is 4.64. The summed E-state index contributed by atoms with van der Waals surface area (Å²) in [7, 11) is 0. The van der Waals surface area contributed by atoms with Crippen LogP contribution in [0.5, 0.6) is 0 Å². The van der Waals surface area contributed by atoms with Crippen molar-refractivity contribution >= 4 is 45.0 Å². The third-order valence-corrected chi connectivity index (χ3v) is 6.83. The van der Waals surface area contributed by atoms with Crippen molar-refractivity contribution in [2.24, 2.45) is 0 Å². The molecule has 0 radical (unpaired) electrons. The molecule has 0 aliphatic carbocycles. The van der Waals surface area contributed by atoms with Gasteiger partial charge in [-0.2, -0.15) is 18.3 Å². The van der Waals surface area contributed by atoms with Gasteiger partial charge in [0, 0.05) is 32.7 Å². The van der Waals surface area contributed by atoms with Gasteiger partial charge >= 0.3 is 6.18 Å². The van der Waals surface area contributed by atoms with Crippen molar-refractivity contribution in [2.75, 3.05) is 26.2 Å². The van der Waals surface area contributed by atoms with Crippen molar-refractivity contribution in [2.45, 2.75) is 32.6 Å². The predicted octanol–water partition coefficient (Wildman–Crippen LogP) is 5.19. The van der Waals surface area contributed by atoms with Gasteiger partial charge in [0.15, 0.2) is 5.69 Å². The van der Waals surface area contributed by atoms with Crippen molar-refractivity contribution in [3.63, 3.8) is 0 Å². The van der Waals surface area contributed by atoms with Crippen molar-refractivity contribution < 1.29 is 18.0 Å². The number of benzene rings is 1. The third-order valence-electron chi connectivity index (χ3n) is 5.14. The Bertz CT molecular complexity index is 943. The maximum atomic E-state index is 13.1. The number of piperazine rings is 1. The van der Waals surface area contributed by atoms with Crippen LogP contribution < -0.4 is 0 Å². The lowest BCUT2D eigenvalue weighted by atomic mass is 10.2. The van der Waals surface area contributed by atoms with Gasteiger partial charge in [0.2, 0.25) is 5.91 Å². The SMILES string of the molecule is Cc1c(Br)c(C(F)(F)F)nn1C(C)C(=O)N1CCN(Cc2ccc(Cl)c(Cl)c2)CC1. The molecule has 1 aliphatic heterocycles. The molecule has 11 heteroatoms. The van der Waals surface area contributed by atoms with Gasteiger partial charge in [-0.25, -0.2) is 0 Å². The number of hydrogen-bond acceptors (Lipinski definition) is 3. The monoisotopic (exact) mass is 526 g/mol. The van der Waals surface area contributed by atoms with E-state index < -0.39 is 17.9 Å². The predicted molar refractivity (Wildman–Crippen MR) is 113 cm³/mol. The van der Waals surface area contributed by atoms with Crippen molar-refractivity contribution in [3.05, 3.63) is 49.7 Å². The van der Waals surface area contributed by atoms with E-state index in [0.29, 0.717) is 42.8 Å². The van der Waals surface area contributed by atoms with E-state index >= 15 is 0 Å². The number of rotatable bonds is 4. The molecule has 1 fully saturated rings. The molecule has 1 atom stereocenters. The number of carbonyl (C=O) groups excluding carboxylic acids is 1. The Morgan fingerprint density at radius 1 is 1.20 bits per heavy atom. The van der Waals surface area contributed by atoms with Crippen LogP contribution in [0.2, 0.25) is 10.0 Å². The van der Waals surface area contributed by atoms with Gasteiger partial charge in [-0.3, -0.25) is 14.4 Å². The molecule has 0 N–H and O–H groups in total. The number of alkyl halides is 3. The van der Waals surface area contributed by atoms with E-state index in [1.165, 1.54) is 6.92 Å². The minimum absolute atomic E-state index is 0.138. The molecule has 1 aromatic carbocycles. The van der Waals surface area contributed by atoms with Crippen LogP contribution in [0.1, 0.15) is 29.9 Å². The summed E-state index contributed by atoms with van der Waals surface area (Å²) in [5, 5.41) is 4.64. The highest BCUT2D eigenvalue weighted by Crippen LogP contribution is 2.36. The molecule has 164 valence electrons. The molecule has 5 nitrogen and oxygen atoms in total. The van der Waals surface area contributed by atoms with Gasteiger partial charge in [0.05, 0.1) is 20.2 Å². The van der Waals surface area contributed by atoms with Gasteiger partial charge in [-0.1, -0.05) is 29.3 Å². The number of amides is 1. The van der Waals surface area contributed by atoms with Crippen LogP contribution in [0.15, 0.2) is 22.7 Å². The van der Waals surface area contributed by atoms with E-state index in [4.69, 9.17) is 23.2 Å². The average molecular weight is 528 g/mol. The standard InChI is InChI=1S/C19H20BrCl2F3N4O/c1-11-16(20)17(19(23,24)25)26-29(11)12(2)18(30)28-7-5-27(6-8-28)10-13-3-4-14(21)15(22)9-13/h3-4,9,12H,5-8,10H2,1-2H3. The fourth-order valence-corrected chi connectivity index (χ4v) is 4.25. The van der Waals surface area contributed by atoms with E-state index in [1.54, 1.807) is 17.9 Å². The molecule has 2 aromatic rings. The highest BCUT2D eigenvalue weighted by Gasteiger charge is 2.39. The van der Waals surface area contributed by atoms with Crippen molar-refractivity contribution in [1.82, 2.24) is 19.6 Å². The average Bonchev–Trinajstić information content (AvgIpc) is 2.99. The van der Waals surface area contributed by atoms with Gasteiger partial charge in [-0.05, 0) is 47.5 Å². The summed E-state index contributed by atoms with van der Waals surface area (Å²) in [5.74, 6) is -0.254. The smallest absolute Gasteiger partial charge is 0.338 e. The van der Waals surface area contributed by atoms with Crippen LogP contribution in [0.4, 0.5) is 13.2 Å². The quantitative estimate of drug-likeness (QED) is 0.549. The zero-order chi connectivity index (χ0) is 22.2. The number of nitrogens with zero attached hydrogens (tertiary/aromatic N) is 4. The highest BCUT2D eigenvalue weighted by molar-refractivity contribution is 9.10. The fourth-order valence-electron chi connectivity index (χ4n) is 3.45. The van der Waals surface area contributed by atoms with E-state index in [0.717, 1.165) is 10.2 Å². The molecule has 0 saturated carbocycles. The summed E-state index contributed by atoms with van der Waals surface area (Å²) in [6.45, 7) is 6.01. The molecule has 0 bridgehead atoms. The Labute approximate surface area is 190 Å². The molecule has 1 amide bonds. The Morgan fingerprint density at radius 2 is 1.83 bits per heavy atom. The molecule has 0 spiro atoms. The highest BCUT2D eigenvalue weighted by atomic mass is 79.9. The number of aromatic nitrogens is 2. The third kappa shape index (κ3) is 4.95. The van der Waals surface area contributed by atoms with Gasteiger partial charge < -0.3 is 4.90 Å². The van der Waals surface area contributed by atoms with E-state index in [1.807, 2.05) is 12.1 Å². The first-order valence-electron chi connectivity index (χ1n) is 9.26. The van der Waals surface area contributed by atoms with Crippen LogP contribution in [0.3, 0.4) is 0 Å². The van der Waals surface area contributed by atoms with Gasteiger partial charge in [0.1, 0.15) is 6.04 Å². The second-order valence-electron chi connectivity index (χ2n) is 7.22. The second-order valence-corrected chi connectivity index (χ2v) is 8.82.